The normalized spacial score (nSPS) is 16.0. The second-order valence-electron chi connectivity index (χ2n) is 5.73. The number of alkyl halides is 2. The van der Waals surface area contributed by atoms with Gasteiger partial charge >= 0.3 is 5.92 Å². The van der Waals surface area contributed by atoms with Crippen molar-refractivity contribution in [2.24, 2.45) is 0 Å². The number of furan rings is 1. The molecule has 4 rings (SSSR count). The number of nitrogens with zero attached hydrogens (tertiary/aromatic N) is 3. The highest BCUT2D eigenvalue weighted by molar-refractivity contribution is 6.05. The van der Waals surface area contributed by atoms with Crippen LogP contribution in [0.2, 0.25) is 0 Å². The molecule has 1 fully saturated rings. The van der Waals surface area contributed by atoms with Crippen LogP contribution in [0.5, 0.6) is 0 Å². The van der Waals surface area contributed by atoms with Crippen LogP contribution in [-0.4, -0.2) is 23.1 Å². The van der Waals surface area contributed by atoms with Crippen molar-refractivity contribution in [1.82, 2.24) is 9.97 Å². The summed E-state index contributed by atoms with van der Waals surface area (Å²) in [6.45, 7) is 2.43. The van der Waals surface area contributed by atoms with Gasteiger partial charge in [-0.15, -0.1) is 0 Å². The van der Waals surface area contributed by atoms with Crippen LogP contribution in [-0.2, 0) is 5.92 Å². The Bertz CT molecular complexity index is 848. The molecule has 1 aromatic carbocycles. The predicted molar refractivity (Wildman–Crippen MR) is 80.3 cm³/mol. The molecule has 3 aromatic rings. The lowest BCUT2D eigenvalue weighted by molar-refractivity contribution is 0.00815. The highest BCUT2D eigenvalue weighted by Crippen LogP contribution is 2.36. The Morgan fingerprint density at radius 1 is 1.14 bits per heavy atom. The number of aromatic nitrogens is 2. The van der Waals surface area contributed by atoms with E-state index in [0.29, 0.717) is 22.5 Å². The van der Waals surface area contributed by atoms with Gasteiger partial charge in [0.2, 0.25) is 5.82 Å². The minimum Gasteiger partial charge on any atom is -0.450 e. The van der Waals surface area contributed by atoms with E-state index in [9.17, 15) is 8.78 Å². The van der Waals surface area contributed by atoms with Crippen LogP contribution < -0.4 is 4.90 Å². The van der Waals surface area contributed by atoms with Gasteiger partial charge in [-0.05, 0) is 25.0 Å². The van der Waals surface area contributed by atoms with E-state index >= 15 is 0 Å². The molecule has 1 aliphatic heterocycles. The second kappa shape index (κ2) is 4.63. The van der Waals surface area contributed by atoms with Crippen LogP contribution in [0.3, 0.4) is 0 Å². The van der Waals surface area contributed by atoms with Gasteiger partial charge in [-0.3, -0.25) is 0 Å². The highest BCUT2D eigenvalue weighted by atomic mass is 19.3. The van der Waals surface area contributed by atoms with Crippen molar-refractivity contribution in [3.8, 4) is 0 Å². The summed E-state index contributed by atoms with van der Waals surface area (Å²) in [5.74, 6) is -3.05. The van der Waals surface area contributed by atoms with E-state index in [1.165, 1.54) is 0 Å². The lowest BCUT2D eigenvalue weighted by atomic mass is 10.2. The van der Waals surface area contributed by atoms with Gasteiger partial charge in [0.25, 0.3) is 0 Å². The molecule has 1 saturated heterocycles. The maximum atomic E-state index is 13.8. The van der Waals surface area contributed by atoms with Crippen molar-refractivity contribution in [2.75, 3.05) is 18.0 Å². The molecule has 6 heteroatoms. The van der Waals surface area contributed by atoms with Crippen LogP contribution in [0.15, 0.2) is 28.7 Å². The van der Waals surface area contributed by atoms with E-state index in [2.05, 4.69) is 9.97 Å². The molecular weight excluding hydrogens is 288 g/mol. The zero-order valence-electron chi connectivity index (χ0n) is 12.1. The lowest BCUT2D eigenvalue weighted by Crippen LogP contribution is -2.22. The third kappa shape index (κ3) is 2.01. The molecule has 0 aliphatic carbocycles. The highest BCUT2D eigenvalue weighted by Gasteiger charge is 2.32. The number of hydrogen-bond donors (Lipinski definition) is 0. The largest absolute Gasteiger partial charge is 0.450 e. The minimum absolute atomic E-state index is 0.451. The first-order valence-corrected chi connectivity index (χ1v) is 7.36. The van der Waals surface area contributed by atoms with Crippen LogP contribution >= 0.6 is 0 Å². The Labute approximate surface area is 125 Å². The van der Waals surface area contributed by atoms with Crippen molar-refractivity contribution in [2.45, 2.75) is 25.7 Å². The summed E-state index contributed by atoms with van der Waals surface area (Å²) in [6, 6.07) is 7.34. The van der Waals surface area contributed by atoms with E-state index in [1.807, 2.05) is 29.2 Å². The first kappa shape index (κ1) is 13.4. The smallest absolute Gasteiger partial charge is 0.303 e. The monoisotopic (exact) mass is 303 g/mol. The molecule has 4 nitrogen and oxygen atoms in total. The molecular formula is C16H15F2N3O. The summed E-state index contributed by atoms with van der Waals surface area (Å²) in [7, 11) is 0. The Hall–Kier alpha value is -2.24. The fourth-order valence-electron chi connectivity index (χ4n) is 2.92. The van der Waals surface area contributed by atoms with Crippen molar-refractivity contribution < 1.29 is 13.2 Å². The zero-order valence-corrected chi connectivity index (χ0v) is 12.1. The number of anilines is 1. The number of benzene rings is 1. The fourth-order valence-corrected chi connectivity index (χ4v) is 2.92. The van der Waals surface area contributed by atoms with Gasteiger partial charge in [-0.25, -0.2) is 9.97 Å². The summed E-state index contributed by atoms with van der Waals surface area (Å²) in [5, 5.41) is 0.742. The minimum atomic E-state index is -3.08. The summed E-state index contributed by atoms with van der Waals surface area (Å²) in [4.78, 5) is 10.2. The molecule has 0 bridgehead atoms. The summed E-state index contributed by atoms with van der Waals surface area (Å²) >= 11 is 0. The van der Waals surface area contributed by atoms with Gasteiger partial charge < -0.3 is 9.32 Å². The number of halogens is 2. The van der Waals surface area contributed by atoms with Crippen LogP contribution in [0.25, 0.3) is 22.1 Å². The molecule has 0 atom stereocenters. The first-order chi connectivity index (χ1) is 10.5. The Morgan fingerprint density at radius 3 is 2.59 bits per heavy atom. The van der Waals surface area contributed by atoms with Gasteiger partial charge in [0.15, 0.2) is 11.4 Å². The van der Waals surface area contributed by atoms with Gasteiger partial charge in [0, 0.05) is 25.4 Å². The van der Waals surface area contributed by atoms with Gasteiger partial charge in [0.05, 0.1) is 0 Å². The number of hydrogen-bond acceptors (Lipinski definition) is 4. The Balaban J connectivity index is 2.06. The third-order valence-corrected chi connectivity index (χ3v) is 4.00. The van der Waals surface area contributed by atoms with E-state index < -0.39 is 11.7 Å². The summed E-state index contributed by atoms with van der Waals surface area (Å²) in [5.41, 5.74) is 1.60. The lowest BCUT2D eigenvalue weighted by Gasteiger charge is -2.18. The zero-order chi connectivity index (χ0) is 15.3. The SMILES string of the molecule is CC(F)(F)c1nc(N2CCCC2)c2oc3ccccc3c2n1. The number of fused-ring (bicyclic) bond motifs is 3. The summed E-state index contributed by atoms with van der Waals surface area (Å²) < 4.78 is 33.4. The second-order valence-corrected chi connectivity index (χ2v) is 5.73. The maximum Gasteiger partial charge on any atom is 0.303 e. The van der Waals surface area contributed by atoms with Crippen LogP contribution in [0.4, 0.5) is 14.6 Å². The van der Waals surface area contributed by atoms with Gasteiger partial charge in [-0.1, -0.05) is 12.1 Å². The Kier molecular flexibility index (Phi) is 2.82. The van der Waals surface area contributed by atoms with Crippen molar-refractivity contribution in [3.05, 3.63) is 30.1 Å². The average molecular weight is 303 g/mol. The van der Waals surface area contributed by atoms with Gasteiger partial charge in [-0.2, -0.15) is 8.78 Å². The molecule has 114 valence electrons. The van der Waals surface area contributed by atoms with E-state index in [-0.39, 0.29) is 0 Å². The molecule has 0 spiro atoms. The quantitative estimate of drug-likeness (QED) is 0.715. The molecule has 0 unspecified atom stereocenters. The standard InChI is InChI=1S/C16H15F2N3O/c1-16(17,18)15-19-12-10-6-2-3-7-11(10)22-13(12)14(20-15)21-8-4-5-9-21/h2-3,6-7H,4-5,8-9H2,1H3. The number of rotatable bonds is 2. The van der Waals surface area contributed by atoms with E-state index in [0.717, 1.165) is 38.2 Å². The molecule has 1 aliphatic rings. The van der Waals surface area contributed by atoms with E-state index in [4.69, 9.17) is 4.42 Å². The first-order valence-electron chi connectivity index (χ1n) is 7.36. The molecule has 2 aromatic heterocycles. The molecule has 3 heterocycles. The van der Waals surface area contributed by atoms with Crippen LogP contribution in [0, 0.1) is 0 Å². The van der Waals surface area contributed by atoms with E-state index in [1.54, 1.807) is 0 Å². The predicted octanol–water partition coefficient (Wildman–Crippen LogP) is 4.09. The van der Waals surface area contributed by atoms with Crippen molar-refractivity contribution in [3.63, 3.8) is 0 Å². The third-order valence-electron chi connectivity index (χ3n) is 4.00. The maximum absolute atomic E-state index is 13.8. The molecule has 0 N–H and O–H groups in total. The Morgan fingerprint density at radius 2 is 1.86 bits per heavy atom. The molecule has 0 radical (unpaired) electrons. The molecule has 22 heavy (non-hydrogen) atoms. The average Bonchev–Trinajstić information content (AvgIpc) is 3.12. The molecule has 0 amide bonds. The van der Waals surface area contributed by atoms with Gasteiger partial charge in [0.1, 0.15) is 11.1 Å². The number of para-hydroxylation sites is 1. The molecule has 0 saturated carbocycles. The van der Waals surface area contributed by atoms with Crippen molar-refractivity contribution in [1.29, 1.82) is 0 Å². The summed E-state index contributed by atoms with van der Waals surface area (Å²) in [6.07, 6.45) is 2.06. The topological polar surface area (TPSA) is 42.2 Å². The fraction of sp³-hybridized carbons (Fsp3) is 0.375. The van der Waals surface area contributed by atoms with Crippen molar-refractivity contribution >= 4 is 27.9 Å². The van der Waals surface area contributed by atoms with Crippen LogP contribution in [0.1, 0.15) is 25.6 Å².